The van der Waals surface area contributed by atoms with Gasteiger partial charge in [-0.15, -0.1) is 0 Å². The minimum absolute atomic E-state index is 0.116. The van der Waals surface area contributed by atoms with Gasteiger partial charge in [0.2, 0.25) is 0 Å². The van der Waals surface area contributed by atoms with Crippen LogP contribution < -0.4 is 10.2 Å². The second kappa shape index (κ2) is 6.76. The van der Waals surface area contributed by atoms with E-state index in [1.807, 2.05) is 24.8 Å². The first-order valence-electron chi connectivity index (χ1n) is 7.48. The van der Waals surface area contributed by atoms with E-state index in [0.29, 0.717) is 37.4 Å². The van der Waals surface area contributed by atoms with Crippen molar-refractivity contribution in [2.75, 3.05) is 29.9 Å². The van der Waals surface area contributed by atoms with Crippen LogP contribution in [0.25, 0.3) is 0 Å². The molecule has 1 saturated heterocycles. The molecular weight excluding hydrogens is 270 g/mol. The van der Waals surface area contributed by atoms with Crippen LogP contribution in [0.5, 0.6) is 0 Å². The van der Waals surface area contributed by atoms with Gasteiger partial charge in [0.25, 0.3) is 0 Å². The highest BCUT2D eigenvalue weighted by atomic mass is 16.6. The predicted molar refractivity (Wildman–Crippen MR) is 83.9 cm³/mol. The molecule has 1 fully saturated rings. The first-order valence-corrected chi connectivity index (χ1v) is 7.48. The fourth-order valence-corrected chi connectivity index (χ4v) is 2.73. The number of hydrogen-bond donors (Lipinski definition) is 2. The smallest absolute Gasteiger partial charge is 0.315 e. The average Bonchev–Trinajstić information content (AvgIpc) is 2.47. The molecule has 1 aliphatic rings. The SMILES string of the molecule is CCCNc1cccc(N2CCC(O)C(C)C2)c1[N+](=O)[O-]. The quantitative estimate of drug-likeness (QED) is 0.644. The normalized spacial score (nSPS) is 22.1. The lowest BCUT2D eigenvalue weighted by Gasteiger charge is -2.35. The summed E-state index contributed by atoms with van der Waals surface area (Å²) in [5, 5.41) is 24.4. The Balaban J connectivity index is 2.32. The van der Waals surface area contributed by atoms with Crippen molar-refractivity contribution in [3.63, 3.8) is 0 Å². The molecule has 6 nitrogen and oxygen atoms in total. The van der Waals surface area contributed by atoms with Gasteiger partial charge in [0.1, 0.15) is 11.4 Å². The van der Waals surface area contributed by atoms with E-state index in [9.17, 15) is 15.2 Å². The molecule has 2 N–H and O–H groups in total. The molecule has 0 saturated carbocycles. The monoisotopic (exact) mass is 293 g/mol. The average molecular weight is 293 g/mol. The summed E-state index contributed by atoms with van der Waals surface area (Å²) in [4.78, 5) is 13.2. The molecule has 21 heavy (non-hydrogen) atoms. The number of nitrogens with one attached hydrogen (secondary N) is 1. The zero-order valence-corrected chi connectivity index (χ0v) is 12.6. The second-order valence-electron chi connectivity index (χ2n) is 5.64. The number of anilines is 2. The Morgan fingerprint density at radius 1 is 1.52 bits per heavy atom. The third-order valence-electron chi connectivity index (χ3n) is 3.96. The third-order valence-corrected chi connectivity index (χ3v) is 3.96. The number of aliphatic hydroxyl groups excluding tert-OH is 1. The molecule has 1 aromatic carbocycles. The first kappa shape index (κ1) is 15.6. The van der Waals surface area contributed by atoms with E-state index in [4.69, 9.17) is 0 Å². The Hall–Kier alpha value is -1.82. The Morgan fingerprint density at radius 3 is 2.90 bits per heavy atom. The number of nitro benzene ring substituents is 1. The van der Waals surface area contributed by atoms with Gasteiger partial charge in [-0.1, -0.05) is 19.9 Å². The largest absolute Gasteiger partial charge is 0.393 e. The highest BCUT2D eigenvalue weighted by Gasteiger charge is 2.29. The first-order chi connectivity index (χ1) is 10.0. The van der Waals surface area contributed by atoms with Crippen molar-refractivity contribution < 1.29 is 10.0 Å². The minimum Gasteiger partial charge on any atom is -0.393 e. The van der Waals surface area contributed by atoms with Crippen LogP contribution in [0.4, 0.5) is 17.1 Å². The van der Waals surface area contributed by atoms with Crippen LogP contribution in [0.1, 0.15) is 26.7 Å². The summed E-state index contributed by atoms with van der Waals surface area (Å²) in [7, 11) is 0. The molecule has 0 aliphatic carbocycles. The Bertz CT molecular complexity index is 507. The van der Waals surface area contributed by atoms with Crippen LogP contribution in [0.2, 0.25) is 0 Å². The highest BCUT2D eigenvalue weighted by Crippen LogP contribution is 2.37. The van der Waals surface area contributed by atoms with E-state index < -0.39 is 0 Å². The summed E-state index contributed by atoms with van der Waals surface area (Å²) in [5.41, 5.74) is 1.34. The molecule has 1 heterocycles. The molecule has 6 heteroatoms. The summed E-state index contributed by atoms with van der Waals surface area (Å²) in [5.74, 6) is 0.116. The van der Waals surface area contributed by atoms with Gasteiger partial charge >= 0.3 is 5.69 Å². The summed E-state index contributed by atoms with van der Waals surface area (Å²) >= 11 is 0. The number of nitro groups is 1. The van der Waals surface area contributed by atoms with Crippen molar-refractivity contribution in [1.29, 1.82) is 0 Å². The van der Waals surface area contributed by atoms with Crippen molar-refractivity contribution in [2.45, 2.75) is 32.8 Å². The summed E-state index contributed by atoms with van der Waals surface area (Å²) in [6, 6.07) is 5.38. The molecule has 0 aromatic heterocycles. The van der Waals surface area contributed by atoms with Gasteiger partial charge in [-0.05, 0) is 30.9 Å². The molecule has 0 amide bonds. The molecular formula is C15H23N3O3. The molecule has 2 atom stereocenters. The van der Waals surface area contributed by atoms with E-state index >= 15 is 0 Å². The van der Waals surface area contributed by atoms with Gasteiger partial charge in [-0.25, -0.2) is 0 Å². The topological polar surface area (TPSA) is 78.6 Å². The number of piperidine rings is 1. The third kappa shape index (κ3) is 3.44. The Morgan fingerprint density at radius 2 is 2.29 bits per heavy atom. The molecule has 0 spiro atoms. The lowest BCUT2D eigenvalue weighted by Crippen LogP contribution is -2.42. The van der Waals surface area contributed by atoms with Crippen LogP contribution in [0.3, 0.4) is 0 Å². The van der Waals surface area contributed by atoms with Crippen molar-refractivity contribution >= 4 is 17.1 Å². The number of benzene rings is 1. The summed E-state index contributed by atoms with van der Waals surface area (Å²) < 4.78 is 0. The van der Waals surface area contributed by atoms with Gasteiger partial charge in [-0.3, -0.25) is 10.1 Å². The van der Waals surface area contributed by atoms with E-state index in [1.165, 1.54) is 0 Å². The molecule has 1 aromatic rings. The van der Waals surface area contributed by atoms with Crippen molar-refractivity contribution in [3.05, 3.63) is 28.3 Å². The molecule has 1 aliphatic heterocycles. The number of rotatable bonds is 5. The summed E-state index contributed by atoms with van der Waals surface area (Å²) in [6.07, 6.45) is 1.24. The zero-order chi connectivity index (χ0) is 15.4. The molecule has 0 bridgehead atoms. The maximum Gasteiger partial charge on any atom is 0.315 e. The van der Waals surface area contributed by atoms with Crippen molar-refractivity contribution in [3.8, 4) is 0 Å². The minimum atomic E-state index is -0.318. The van der Waals surface area contributed by atoms with E-state index in [-0.39, 0.29) is 22.6 Å². The van der Waals surface area contributed by atoms with Crippen LogP contribution in [0, 0.1) is 16.0 Å². The van der Waals surface area contributed by atoms with Crippen LogP contribution in [-0.4, -0.2) is 35.8 Å². The number of para-hydroxylation sites is 1. The molecule has 116 valence electrons. The molecule has 2 rings (SSSR count). The van der Waals surface area contributed by atoms with Gasteiger partial charge in [-0.2, -0.15) is 0 Å². The van der Waals surface area contributed by atoms with Crippen LogP contribution in [0.15, 0.2) is 18.2 Å². The number of hydrogen-bond acceptors (Lipinski definition) is 5. The van der Waals surface area contributed by atoms with E-state index in [1.54, 1.807) is 12.1 Å². The fourth-order valence-electron chi connectivity index (χ4n) is 2.73. The fraction of sp³-hybridized carbons (Fsp3) is 0.600. The van der Waals surface area contributed by atoms with Crippen molar-refractivity contribution in [1.82, 2.24) is 0 Å². The standard InChI is InChI=1S/C15H23N3O3/c1-3-8-16-12-5-4-6-13(15(12)18(20)21)17-9-7-14(19)11(2)10-17/h4-6,11,14,16,19H,3,7-10H2,1-2H3. The van der Waals surface area contributed by atoms with Gasteiger partial charge in [0, 0.05) is 19.6 Å². The zero-order valence-electron chi connectivity index (χ0n) is 12.6. The number of aliphatic hydroxyl groups is 1. The van der Waals surface area contributed by atoms with Crippen LogP contribution >= 0.6 is 0 Å². The Labute approximate surface area is 124 Å². The lowest BCUT2D eigenvalue weighted by molar-refractivity contribution is -0.383. The molecule has 2 unspecified atom stereocenters. The van der Waals surface area contributed by atoms with Crippen LogP contribution in [-0.2, 0) is 0 Å². The molecule has 0 radical (unpaired) electrons. The van der Waals surface area contributed by atoms with Crippen molar-refractivity contribution in [2.24, 2.45) is 5.92 Å². The highest BCUT2D eigenvalue weighted by molar-refractivity contribution is 5.77. The van der Waals surface area contributed by atoms with Gasteiger partial charge in [0.05, 0.1) is 11.0 Å². The van der Waals surface area contributed by atoms with E-state index in [0.717, 1.165) is 6.42 Å². The Kier molecular flexibility index (Phi) is 5.01. The van der Waals surface area contributed by atoms with E-state index in [2.05, 4.69) is 5.32 Å². The second-order valence-corrected chi connectivity index (χ2v) is 5.64. The maximum absolute atomic E-state index is 11.5. The van der Waals surface area contributed by atoms with Gasteiger partial charge < -0.3 is 15.3 Å². The predicted octanol–water partition coefficient (Wildman–Crippen LogP) is 2.62. The maximum atomic E-state index is 11.5. The van der Waals surface area contributed by atoms with Gasteiger partial charge in [0.15, 0.2) is 0 Å². The number of nitrogens with zero attached hydrogens (tertiary/aromatic N) is 2. The lowest BCUT2D eigenvalue weighted by atomic mass is 9.96. The summed E-state index contributed by atoms with van der Waals surface area (Å²) in [6.45, 7) is 5.99.